The molecule has 1 saturated carbocycles. The van der Waals surface area contributed by atoms with Crippen LogP contribution in [0.1, 0.15) is 42.3 Å². The van der Waals surface area contributed by atoms with E-state index in [0.717, 1.165) is 23.4 Å². The molecule has 0 bridgehead atoms. The lowest BCUT2D eigenvalue weighted by molar-refractivity contribution is -0.124. The summed E-state index contributed by atoms with van der Waals surface area (Å²) >= 11 is 1.59. The summed E-state index contributed by atoms with van der Waals surface area (Å²) in [5, 5.41) is 9.16. The lowest BCUT2D eigenvalue weighted by Gasteiger charge is -2.14. The summed E-state index contributed by atoms with van der Waals surface area (Å²) in [6.45, 7) is 2.19. The molecule has 0 spiro atoms. The number of thiophene rings is 1. The fourth-order valence-corrected chi connectivity index (χ4v) is 2.81. The van der Waals surface area contributed by atoms with E-state index in [9.17, 15) is 9.59 Å². The van der Waals surface area contributed by atoms with Gasteiger partial charge in [0, 0.05) is 16.9 Å². The Balaban J connectivity index is 1.71. The molecule has 1 fully saturated rings. The third-order valence-corrected chi connectivity index (χ3v) is 4.48. The second-order valence-corrected chi connectivity index (χ2v) is 6.32. The molecule has 5 nitrogen and oxygen atoms in total. The van der Waals surface area contributed by atoms with E-state index in [1.165, 1.54) is 10.7 Å². The number of carbonyl (C=O) groups excluding carboxylic acids is 1. The SMILES string of the molecule is CC(C(=O)NCc1cccs1)n1nc(C2CC2)ccc1=O. The van der Waals surface area contributed by atoms with E-state index in [-0.39, 0.29) is 11.5 Å². The van der Waals surface area contributed by atoms with E-state index in [1.807, 2.05) is 17.5 Å². The van der Waals surface area contributed by atoms with E-state index < -0.39 is 6.04 Å². The van der Waals surface area contributed by atoms with Crippen LogP contribution in [0.2, 0.25) is 0 Å². The van der Waals surface area contributed by atoms with Gasteiger partial charge in [-0.15, -0.1) is 11.3 Å². The fourth-order valence-electron chi connectivity index (χ4n) is 2.16. The number of carbonyl (C=O) groups is 1. The highest BCUT2D eigenvalue weighted by atomic mass is 32.1. The Morgan fingerprint density at radius 2 is 2.29 bits per heavy atom. The van der Waals surface area contributed by atoms with Crippen molar-refractivity contribution in [3.05, 3.63) is 50.6 Å². The van der Waals surface area contributed by atoms with Gasteiger partial charge in [0.05, 0.1) is 12.2 Å². The van der Waals surface area contributed by atoms with Crippen LogP contribution in [-0.2, 0) is 11.3 Å². The molecule has 0 aromatic carbocycles. The molecule has 21 heavy (non-hydrogen) atoms. The maximum atomic E-state index is 12.2. The second kappa shape index (κ2) is 5.81. The lowest BCUT2D eigenvalue weighted by Crippen LogP contribution is -2.36. The molecule has 0 saturated heterocycles. The zero-order valence-corrected chi connectivity index (χ0v) is 12.6. The molecule has 0 radical (unpaired) electrons. The van der Waals surface area contributed by atoms with Gasteiger partial charge in [-0.1, -0.05) is 6.07 Å². The summed E-state index contributed by atoms with van der Waals surface area (Å²) in [6.07, 6.45) is 2.23. The molecule has 3 rings (SSSR count). The van der Waals surface area contributed by atoms with Gasteiger partial charge in [0.2, 0.25) is 5.91 Å². The number of hydrogen-bond donors (Lipinski definition) is 1. The maximum absolute atomic E-state index is 12.2. The smallest absolute Gasteiger partial charge is 0.267 e. The van der Waals surface area contributed by atoms with Gasteiger partial charge in [-0.25, -0.2) is 4.68 Å². The summed E-state index contributed by atoms with van der Waals surface area (Å²) in [7, 11) is 0. The summed E-state index contributed by atoms with van der Waals surface area (Å²) < 4.78 is 1.29. The molecule has 1 aliphatic rings. The van der Waals surface area contributed by atoms with Crippen LogP contribution in [0.3, 0.4) is 0 Å². The fraction of sp³-hybridized carbons (Fsp3) is 0.400. The number of aromatic nitrogens is 2. The third kappa shape index (κ3) is 3.21. The quantitative estimate of drug-likeness (QED) is 0.919. The first-order valence-electron chi connectivity index (χ1n) is 7.05. The van der Waals surface area contributed by atoms with Crippen molar-refractivity contribution in [3.8, 4) is 0 Å². The third-order valence-electron chi connectivity index (χ3n) is 3.60. The molecule has 1 amide bonds. The van der Waals surface area contributed by atoms with Gasteiger partial charge in [-0.2, -0.15) is 5.10 Å². The lowest BCUT2D eigenvalue weighted by atomic mass is 10.2. The van der Waals surface area contributed by atoms with Gasteiger partial charge in [-0.05, 0) is 37.3 Å². The van der Waals surface area contributed by atoms with Crippen LogP contribution in [0.4, 0.5) is 0 Å². The predicted molar refractivity (Wildman–Crippen MR) is 81.3 cm³/mol. The van der Waals surface area contributed by atoms with Gasteiger partial charge in [0.15, 0.2) is 0 Å². The van der Waals surface area contributed by atoms with E-state index in [1.54, 1.807) is 24.3 Å². The van der Waals surface area contributed by atoms with Crippen molar-refractivity contribution >= 4 is 17.2 Å². The Morgan fingerprint density at radius 1 is 1.48 bits per heavy atom. The van der Waals surface area contributed by atoms with Crippen LogP contribution in [0.15, 0.2) is 34.4 Å². The van der Waals surface area contributed by atoms with Crippen LogP contribution in [0.5, 0.6) is 0 Å². The molecule has 2 heterocycles. The Morgan fingerprint density at radius 3 is 2.95 bits per heavy atom. The topological polar surface area (TPSA) is 64.0 Å². The van der Waals surface area contributed by atoms with Gasteiger partial charge in [0.1, 0.15) is 6.04 Å². The molecule has 1 aliphatic carbocycles. The summed E-state index contributed by atoms with van der Waals surface area (Å²) in [6, 6.07) is 6.58. The van der Waals surface area contributed by atoms with Crippen molar-refractivity contribution < 1.29 is 4.79 Å². The van der Waals surface area contributed by atoms with Crippen LogP contribution in [0.25, 0.3) is 0 Å². The van der Waals surface area contributed by atoms with Gasteiger partial charge in [0.25, 0.3) is 5.56 Å². The van der Waals surface area contributed by atoms with E-state index >= 15 is 0 Å². The molecular weight excluding hydrogens is 286 g/mol. The highest BCUT2D eigenvalue weighted by Crippen LogP contribution is 2.38. The van der Waals surface area contributed by atoms with Crippen LogP contribution in [0, 0.1) is 0 Å². The van der Waals surface area contributed by atoms with Gasteiger partial charge < -0.3 is 5.32 Å². The number of rotatable bonds is 5. The summed E-state index contributed by atoms with van der Waals surface area (Å²) in [5.74, 6) is 0.268. The van der Waals surface area contributed by atoms with Gasteiger partial charge >= 0.3 is 0 Å². The number of nitrogens with one attached hydrogen (secondary N) is 1. The van der Waals surface area contributed by atoms with Gasteiger partial charge in [-0.3, -0.25) is 9.59 Å². The molecule has 1 N–H and O–H groups in total. The van der Waals surface area contributed by atoms with E-state index in [4.69, 9.17) is 0 Å². The summed E-state index contributed by atoms with van der Waals surface area (Å²) in [5.41, 5.74) is 0.672. The Kier molecular flexibility index (Phi) is 3.88. The molecule has 2 aromatic heterocycles. The second-order valence-electron chi connectivity index (χ2n) is 5.29. The van der Waals surface area contributed by atoms with Crippen molar-refractivity contribution in [2.75, 3.05) is 0 Å². The molecule has 1 atom stereocenters. The maximum Gasteiger partial charge on any atom is 0.267 e. The first kappa shape index (κ1) is 14.0. The standard InChI is InChI=1S/C15H17N3O2S/c1-10(15(20)16-9-12-3-2-8-21-12)18-14(19)7-6-13(17-18)11-4-5-11/h2-3,6-8,10-11H,4-5,9H2,1H3,(H,16,20). The van der Waals surface area contributed by atoms with Crippen LogP contribution >= 0.6 is 11.3 Å². The minimum atomic E-state index is -0.601. The number of nitrogens with zero attached hydrogens (tertiary/aromatic N) is 2. The Hall–Kier alpha value is -1.95. The van der Waals surface area contributed by atoms with E-state index in [2.05, 4.69) is 10.4 Å². The first-order valence-corrected chi connectivity index (χ1v) is 7.93. The predicted octanol–water partition coefficient (Wildman–Crippen LogP) is 2.06. The molecule has 1 unspecified atom stereocenters. The van der Waals surface area contributed by atoms with Crippen molar-refractivity contribution in [1.82, 2.24) is 15.1 Å². The molecule has 0 aliphatic heterocycles. The Bertz CT molecular complexity index is 689. The normalized spacial score (nSPS) is 15.7. The van der Waals surface area contributed by atoms with Crippen molar-refractivity contribution in [1.29, 1.82) is 0 Å². The minimum Gasteiger partial charge on any atom is -0.349 e. The molecular formula is C15H17N3O2S. The highest BCUT2D eigenvalue weighted by Gasteiger charge is 2.27. The molecule has 2 aromatic rings. The monoisotopic (exact) mass is 303 g/mol. The number of hydrogen-bond acceptors (Lipinski definition) is 4. The van der Waals surface area contributed by atoms with Crippen molar-refractivity contribution in [2.45, 2.75) is 38.3 Å². The molecule has 6 heteroatoms. The largest absolute Gasteiger partial charge is 0.349 e. The highest BCUT2D eigenvalue weighted by molar-refractivity contribution is 7.09. The average molecular weight is 303 g/mol. The van der Waals surface area contributed by atoms with Crippen LogP contribution < -0.4 is 10.9 Å². The Labute approximate surface area is 126 Å². The van der Waals surface area contributed by atoms with E-state index in [0.29, 0.717) is 12.5 Å². The first-order chi connectivity index (χ1) is 10.1. The molecule has 110 valence electrons. The number of amides is 1. The average Bonchev–Trinajstić information content (AvgIpc) is 3.21. The van der Waals surface area contributed by atoms with Crippen molar-refractivity contribution in [3.63, 3.8) is 0 Å². The zero-order valence-electron chi connectivity index (χ0n) is 11.8. The summed E-state index contributed by atoms with van der Waals surface area (Å²) in [4.78, 5) is 25.2. The van der Waals surface area contributed by atoms with Crippen molar-refractivity contribution in [2.24, 2.45) is 0 Å². The zero-order chi connectivity index (χ0) is 14.8. The minimum absolute atomic E-state index is 0.189. The van der Waals surface area contributed by atoms with Crippen LogP contribution in [-0.4, -0.2) is 15.7 Å².